The zero-order valence-corrected chi connectivity index (χ0v) is 11.0. The van der Waals surface area contributed by atoms with Gasteiger partial charge in [-0.05, 0) is 32.1 Å². The SMILES string of the molecule is C=COC(C)CC(CC)OC1CC2C=CC1C2. The molecule has 5 unspecified atom stereocenters. The minimum Gasteiger partial charge on any atom is -0.499 e. The first-order valence-corrected chi connectivity index (χ1v) is 6.83. The summed E-state index contributed by atoms with van der Waals surface area (Å²) in [7, 11) is 0. The van der Waals surface area contributed by atoms with Crippen molar-refractivity contribution in [3.05, 3.63) is 25.0 Å². The van der Waals surface area contributed by atoms with Crippen molar-refractivity contribution in [2.24, 2.45) is 11.8 Å². The molecule has 2 aliphatic carbocycles. The van der Waals surface area contributed by atoms with Crippen LogP contribution in [-0.4, -0.2) is 18.3 Å². The van der Waals surface area contributed by atoms with Gasteiger partial charge in [-0.2, -0.15) is 0 Å². The monoisotopic (exact) mass is 236 g/mol. The van der Waals surface area contributed by atoms with Crippen LogP contribution in [0.4, 0.5) is 0 Å². The Hall–Kier alpha value is -0.760. The van der Waals surface area contributed by atoms with Gasteiger partial charge in [0.15, 0.2) is 0 Å². The van der Waals surface area contributed by atoms with Gasteiger partial charge in [-0.15, -0.1) is 0 Å². The van der Waals surface area contributed by atoms with Crippen LogP contribution in [0, 0.1) is 11.8 Å². The summed E-state index contributed by atoms with van der Waals surface area (Å²) in [4.78, 5) is 0. The number of fused-ring (bicyclic) bond motifs is 2. The van der Waals surface area contributed by atoms with Gasteiger partial charge in [0.25, 0.3) is 0 Å². The maximum Gasteiger partial charge on any atom is 0.0974 e. The summed E-state index contributed by atoms with van der Waals surface area (Å²) in [6.07, 6.45) is 11.7. The minimum absolute atomic E-state index is 0.201. The fourth-order valence-corrected chi connectivity index (χ4v) is 3.04. The lowest BCUT2D eigenvalue weighted by molar-refractivity contribution is -0.0468. The quantitative estimate of drug-likeness (QED) is 0.496. The number of hydrogen-bond donors (Lipinski definition) is 0. The van der Waals surface area contributed by atoms with Gasteiger partial charge in [-0.25, -0.2) is 0 Å². The molecular weight excluding hydrogens is 212 g/mol. The first-order valence-electron chi connectivity index (χ1n) is 6.83. The van der Waals surface area contributed by atoms with E-state index in [1.807, 2.05) is 0 Å². The molecule has 0 heterocycles. The standard InChI is InChI=1S/C15H24O2/c1-4-14(8-11(3)16-5-2)17-15-10-12-6-7-13(15)9-12/h5-7,11-15H,2,4,8-10H2,1,3H3. The summed E-state index contributed by atoms with van der Waals surface area (Å²) >= 11 is 0. The Bertz CT molecular complexity index is 285. The van der Waals surface area contributed by atoms with Crippen molar-refractivity contribution in [3.63, 3.8) is 0 Å². The predicted molar refractivity (Wildman–Crippen MR) is 69.7 cm³/mol. The topological polar surface area (TPSA) is 18.5 Å². The molecule has 96 valence electrons. The first-order chi connectivity index (χ1) is 8.22. The second kappa shape index (κ2) is 5.72. The molecule has 0 aromatic heterocycles. The third kappa shape index (κ3) is 3.12. The summed E-state index contributed by atoms with van der Waals surface area (Å²) in [5, 5.41) is 0. The van der Waals surface area contributed by atoms with Crippen LogP contribution < -0.4 is 0 Å². The molecule has 0 radical (unpaired) electrons. The third-order valence-electron chi connectivity index (χ3n) is 3.96. The van der Waals surface area contributed by atoms with Gasteiger partial charge in [-0.3, -0.25) is 0 Å². The molecular formula is C15H24O2. The number of hydrogen-bond acceptors (Lipinski definition) is 2. The lowest BCUT2D eigenvalue weighted by Gasteiger charge is -2.27. The van der Waals surface area contributed by atoms with Gasteiger partial charge in [0.1, 0.15) is 0 Å². The molecule has 2 rings (SSSR count). The summed E-state index contributed by atoms with van der Waals surface area (Å²) in [6, 6.07) is 0. The van der Waals surface area contributed by atoms with Gasteiger partial charge in [-0.1, -0.05) is 25.7 Å². The van der Waals surface area contributed by atoms with Crippen molar-refractivity contribution in [2.45, 2.75) is 57.8 Å². The predicted octanol–water partition coefficient (Wildman–Crippen LogP) is 3.68. The number of rotatable bonds is 7. The van der Waals surface area contributed by atoms with Crippen LogP contribution in [0.2, 0.25) is 0 Å². The highest BCUT2D eigenvalue weighted by molar-refractivity contribution is 5.11. The van der Waals surface area contributed by atoms with E-state index >= 15 is 0 Å². The molecule has 0 N–H and O–H groups in total. The van der Waals surface area contributed by atoms with Crippen molar-refractivity contribution < 1.29 is 9.47 Å². The molecule has 0 aromatic rings. The Morgan fingerprint density at radius 3 is 2.76 bits per heavy atom. The lowest BCUT2D eigenvalue weighted by Crippen LogP contribution is -2.28. The van der Waals surface area contributed by atoms with Crippen molar-refractivity contribution >= 4 is 0 Å². The van der Waals surface area contributed by atoms with Crippen molar-refractivity contribution in [3.8, 4) is 0 Å². The van der Waals surface area contributed by atoms with Crippen LogP contribution in [0.15, 0.2) is 25.0 Å². The van der Waals surface area contributed by atoms with Gasteiger partial charge in [0, 0.05) is 12.3 Å². The van der Waals surface area contributed by atoms with Crippen LogP contribution in [0.3, 0.4) is 0 Å². The van der Waals surface area contributed by atoms with E-state index in [-0.39, 0.29) is 6.10 Å². The second-order valence-corrected chi connectivity index (χ2v) is 5.33. The van der Waals surface area contributed by atoms with Crippen molar-refractivity contribution in [1.82, 2.24) is 0 Å². The van der Waals surface area contributed by atoms with E-state index in [1.165, 1.54) is 19.1 Å². The Balaban J connectivity index is 1.79. The summed E-state index contributed by atoms with van der Waals surface area (Å²) in [5.41, 5.74) is 0. The van der Waals surface area contributed by atoms with Gasteiger partial charge < -0.3 is 9.47 Å². The normalized spacial score (nSPS) is 33.6. The van der Waals surface area contributed by atoms with Gasteiger partial charge >= 0.3 is 0 Å². The van der Waals surface area contributed by atoms with E-state index in [9.17, 15) is 0 Å². The van der Waals surface area contributed by atoms with E-state index in [1.54, 1.807) is 0 Å². The average molecular weight is 236 g/mol. The molecule has 2 aliphatic rings. The molecule has 1 fully saturated rings. The Kier molecular flexibility index (Phi) is 4.27. The minimum atomic E-state index is 0.201. The van der Waals surface area contributed by atoms with E-state index in [2.05, 4.69) is 32.6 Å². The highest BCUT2D eigenvalue weighted by Gasteiger charge is 2.37. The van der Waals surface area contributed by atoms with Crippen LogP contribution in [-0.2, 0) is 9.47 Å². The second-order valence-electron chi connectivity index (χ2n) is 5.33. The molecule has 0 saturated heterocycles. The van der Waals surface area contributed by atoms with Crippen LogP contribution in [0.1, 0.15) is 39.5 Å². The maximum absolute atomic E-state index is 6.25. The van der Waals surface area contributed by atoms with Crippen LogP contribution >= 0.6 is 0 Å². The largest absolute Gasteiger partial charge is 0.499 e. The highest BCUT2D eigenvalue weighted by Crippen LogP contribution is 2.41. The summed E-state index contributed by atoms with van der Waals surface area (Å²) in [5.74, 6) is 1.45. The molecule has 0 amide bonds. The third-order valence-corrected chi connectivity index (χ3v) is 3.96. The van der Waals surface area contributed by atoms with Crippen LogP contribution in [0.25, 0.3) is 0 Å². The molecule has 2 bridgehead atoms. The van der Waals surface area contributed by atoms with Crippen LogP contribution in [0.5, 0.6) is 0 Å². The summed E-state index contributed by atoms with van der Waals surface area (Å²) < 4.78 is 11.6. The first kappa shape index (κ1) is 12.7. The average Bonchev–Trinajstić information content (AvgIpc) is 2.90. The van der Waals surface area contributed by atoms with Crippen molar-refractivity contribution in [1.29, 1.82) is 0 Å². The maximum atomic E-state index is 6.25. The lowest BCUT2D eigenvalue weighted by atomic mass is 10.0. The Labute approximate surface area is 105 Å². The molecule has 5 atom stereocenters. The number of allylic oxidation sites excluding steroid dienone is 1. The zero-order valence-electron chi connectivity index (χ0n) is 11.0. The number of ether oxygens (including phenoxy) is 2. The smallest absolute Gasteiger partial charge is 0.0974 e. The van der Waals surface area contributed by atoms with Gasteiger partial charge in [0.05, 0.1) is 24.6 Å². The molecule has 2 nitrogen and oxygen atoms in total. The molecule has 0 aromatic carbocycles. The van der Waals surface area contributed by atoms with E-state index in [4.69, 9.17) is 9.47 Å². The van der Waals surface area contributed by atoms with E-state index in [0.717, 1.165) is 18.8 Å². The Morgan fingerprint density at radius 2 is 2.24 bits per heavy atom. The van der Waals surface area contributed by atoms with Gasteiger partial charge in [0.2, 0.25) is 0 Å². The fraction of sp³-hybridized carbons (Fsp3) is 0.733. The highest BCUT2D eigenvalue weighted by atomic mass is 16.5. The zero-order chi connectivity index (χ0) is 12.3. The molecule has 17 heavy (non-hydrogen) atoms. The fourth-order valence-electron chi connectivity index (χ4n) is 3.04. The molecule has 0 aliphatic heterocycles. The van der Waals surface area contributed by atoms with E-state index in [0.29, 0.717) is 18.1 Å². The molecule has 1 saturated carbocycles. The molecule has 2 heteroatoms. The Morgan fingerprint density at radius 1 is 1.41 bits per heavy atom. The van der Waals surface area contributed by atoms with E-state index < -0.39 is 0 Å². The van der Waals surface area contributed by atoms with Crippen molar-refractivity contribution in [2.75, 3.05) is 0 Å². The molecule has 0 spiro atoms. The summed E-state index contributed by atoms with van der Waals surface area (Å²) in [6.45, 7) is 7.86.